The van der Waals surface area contributed by atoms with Crippen molar-refractivity contribution in [3.8, 4) is 0 Å². The van der Waals surface area contributed by atoms with Crippen LogP contribution in [0.15, 0.2) is 0 Å². The molecule has 0 aromatic carbocycles. The van der Waals surface area contributed by atoms with E-state index in [1.807, 2.05) is 0 Å². The van der Waals surface area contributed by atoms with Crippen LogP contribution in [0.5, 0.6) is 0 Å². The standard InChI is InChI=1S/2C5H11.C2H6S.Al/c2*1-3-5-4-2;1-2-3;/h2*1,3-5H2,2H3;3H,2H2,1H3;/q;;;+1/p-1. The minimum atomic E-state index is -0.380. The molecule has 0 aliphatic rings. The van der Waals surface area contributed by atoms with E-state index < -0.39 is 0 Å². The molecule has 0 saturated carbocycles. The van der Waals surface area contributed by atoms with E-state index in [1.54, 1.807) is 10.6 Å². The van der Waals surface area contributed by atoms with Gasteiger partial charge in [-0.1, -0.05) is 69.9 Å². The first-order valence-electron chi connectivity index (χ1n) is 6.46. The molecule has 0 atom stereocenters. The van der Waals surface area contributed by atoms with Gasteiger partial charge in [-0.25, -0.2) is 0 Å². The van der Waals surface area contributed by atoms with Crippen LogP contribution in [0.2, 0.25) is 10.6 Å². The summed E-state index contributed by atoms with van der Waals surface area (Å²) in [6, 6.07) is 0. The first-order chi connectivity index (χ1) is 6.85. The summed E-state index contributed by atoms with van der Waals surface area (Å²) < 4.78 is 0. The number of rotatable bonds is 10. The van der Waals surface area contributed by atoms with Gasteiger partial charge in [0.25, 0.3) is 0 Å². The molecule has 0 aliphatic heterocycles. The zero-order valence-corrected chi connectivity index (χ0v) is 12.3. The Morgan fingerprint density at radius 3 is 1.64 bits per heavy atom. The van der Waals surface area contributed by atoms with Crippen molar-refractivity contribution < 1.29 is 0 Å². The SMILES string of the molecule is CCCC[CH2][Al]([CH2]CCCC)[S]CC. The van der Waals surface area contributed by atoms with Crippen LogP contribution in [0.1, 0.15) is 59.3 Å². The predicted molar refractivity (Wildman–Crippen MR) is 72.6 cm³/mol. The first-order valence-corrected chi connectivity index (χ1v) is 10.6. The molecular weight excluding hydrogens is 203 g/mol. The molecule has 0 radical (unpaired) electrons. The zero-order chi connectivity index (χ0) is 10.6. The van der Waals surface area contributed by atoms with Crippen LogP contribution in [0.4, 0.5) is 0 Å². The summed E-state index contributed by atoms with van der Waals surface area (Å²) in [5, 5.41) is 3.19. The van der Waals surface area contributed by atoms with E-state index in [0.29, 0.717) is 0 Å². The van der Waals surface area contributed by atoms with Crippen molar-refractivity contribution in [2.45, 2.75) is 69.9 Å². The quantitative estimate of drug-likeness (QED) is 0.371. The van der Waals surface area contributed by atoms with Crippen LogP contribution >= 0.6 is 10.1 Å². The van der Waals surface area contributed by atoms with Crippen molar-refractivity contribution >= 4 is 23.1 Å². The summed E-state index contributed by atoms with van der Waals surface area (Å²) in [5.41, 5.74) is 0. The molecule has 0 bridgehead atoms. The number of hydrogen-bond donors (Lipinski definition) is 0. The molecule has 0 aromatic heterocycles. The molecule has 0 aromatic rings. The molecule has 0 aliphatic carbocycles. The first kappa shape index (κ1) is 14.9. The maximum absolute atomic E-state index is 2.32. The third kappa shape index (κ3) is 9.44. The summed E-state index contributed by atoms with van der Waals surface area (Å²) in [4.78, 5) is 0. The molecular formula is C12H27AlS. The van der Waals surface area contributed by atoms with Gasteiger partial charge in [-0.3, -0.25) is 10.1 Å². The van der Waals surface area contributed by atoms with Gasteiger partial charge in [-0.15, -0.1) is 0 Å². The second kappa shape index (κ2) is 12.0. The molecule has 0 heterocycles. The van der Waals surface area contributed by atoms with Crippen molar-refractivity contribution in [1.82, 2.24) is 0 Å². The molecule has 0 saturated heterocycles. The Balaban J connectivity index is 3.44. The molecule has 0 nitrogen and oxygen atoms in total. The van der Waals surface area contributed by atoms with E-state index in [1.165, 1.54) is 44.3 Å². The fourth-order valence-electron chi connectivity index (χ4n) is 1.79. The van der Waals surface area contributed by atoms with Crippen LogP contribution in [0, 0.1) is 0 Å². The van der Waals surface area contributed by atoms with Crippen LogP contribution in [-0.2, 0) is 0 Å². The zero-order valence-electron chi connectivity index (χ0n) is 10.3. The van der Waals surface area contributed by atoms with E-state index in [2.05, 4.69) is 30.9 Å². The predicted octanol–water partition coefficient (Wildman–Crippen LogP) is 5.11. The smallest absolute Gasteiger partial charge is 0.256 e. The molecule has 0 fully saturated rings. The van der Waals surface area contributed by atoms with Crippen molar-refractivity contribution in [3.63, 3.8) is 0 Å². The number of hydrogen-bond acceptors (Lipinski definition) is 1. The highest BCUT2D eigenvalue weighted by Gasteiger charge is 2.15. The summed E-state index contributed by atoms with van der Waals surface area (Å²) in [7, 11) is 2.32. The van der Waals surface area contributed by atoms with E-state index in [0.717, 1.165) is 0 Å². The lowest BCUT2D eigenvalue weighted by Gasteiger charge is -2.09. The topological polar surface area (TPSA) is 0 Å². The Kier molecular flexibility index (Phi) is 12.7. The lowest BCUT2D eigenvalue weighted by atomic mass is 10.3. The Morgan fingerprint density at radius 1 is 0.786 bits per heavy atom. The molecule has 84 valence electrons. The highest BCUT2D eigenvalue weighted by molar-refractivity contribution is 8.25. The van der Waals surface area contributed by atoms with E-state index >= 15 is 0 Å². The highest BCUT2D eigenvalue weighted by atomic mass is 32.3. The van der Waals surface area contributed by atoms with Crippen molar-refractivity contribution in [2.75, 3.05) is 5.75 Å². The second-order valence-electron chi connectivity index (χ2n) is 4.07. The normalized spacial score (nSPS) is 10.5. The van der Waals surface area contributed by atoms with Gasteiger partial charge in [0.2, 0.25) is 0 Å². The Labute approximate surface area is 98.7 Å². The third-order valence-corrected chi connectivity index (χ3v) is 9.40. The van der Waals surface area contributed by atoms with Crippen LogP contribution in [-0.4, -0.2) is 18.8 Å². The van der Waals surface area contributed by atoms with Crippen molar-refractivity contribution in [3.05, 3.63) is 0 Å². The van der Waals surface area contributed by atoms with Crippen molar-refractivity contribution in [1.29, 1.82) is 0 Å². The molecule has 0 N–H and O–H groups in total. The average Bonchev–Trinajstić information content (AvgIpc) is 2.18. The minimum absolute atomic E-state index is 0.380. The van der Waals surface area contributed by atoms with Crippen molar-refractivity contribution in [2.24, 2.45) is 0 Å². The fourth-order valence-corrected chi connectivity index (χ4v) is 7.79. The highest BCUT2D eigenvalue weighted by Crippen LogP contribution is 2.21. The number of unbranched alkanes of at least 4 members (excludes halogenated alkanes) is 4. The van der Waals surface area contributed by atoms with Crippen LogP contribution in [0.3, 0.4) is 0 Å². The molecule has 2 heteroatoms. The minimum Gasteiger partial charge on any atom is -0.256 e. The molecule has 0 unspecified atom stereocenters. The summed E-state index contributed by atoms with van der Waals surface area (Å²) >= 11 is -0.380. The van der Waals surface area contributed by atoms with Crippen LogP contribution in [0.25, 0.3) is 0 Å². The largest absolute Gasteiger partial charge is 0.349 e. The van der Waals surface area contributed by atoms with Gasteiger partial charge in [-0.05, 0) is 5.75 Å². The third-order valence-electron chi connectivity index (χ3n) is 2.66. The monoisotopic (exact) mass is 230 g/mol. The van der Waals surface area contributed by atoms with Gasteiger partial charge < -0.3 is 0 Å². The van der Waals surface area contributed by atoms with Gasteiger partial charge in [0.15, 0.2) is 0 Å². The van der Waals surface area contributed by atoms with Gasteiger partial charge >= 0.3 is 13.0 Å². The molecule has 0 spiro atoms. The van der Waals surface area contributed by atoms with Gasteiger partial charge in [0, 0.05) is 0 Å². The lowest BCUT2D eigenvalue weighted by Crippen LogP contribution is -2.07. The fraction of sp³-hybridized carbons (Fsp3) is 1.00. The Hall–Kier alpha value is 0.882. The Bertz CT molecular complexity index is 96.5. The molecule has 0 amide bonds. The maximum atomic E-state index is 2.32. The molecule has 14 heavy (non-hydrogen) atoms. The summed E-state index contributed by atoms with van der Waals surface area (Å²) in [6.07, 6.45) is 8.70. The maximum Gasteiger partial charge on any atom is 0.349 e. The second-order valence-corrected chi connectivity index (χ2v) is 10.4. The molecule has 0 rings (SSSR count). The van der Waals surface area contributed by atoms with Gasteiger partial charge in [0.05, 0.1) is 0 Å². The van der Waals surface area contributed by atoms with Crippen LogP contribution < -0.4 is 0 Å². The van der Waals surface area contributed by atoms with E-state index in [9.17, 15) is 0 Å². The Morgan fingerprint density at radius 2 is 1.29 bits per heavy atom. The lowest BCUT2D eigenvalue weighted by molar-refractivity contribution is 0.750. The summed E-state index contributed by atoms with van der Waals surface area (Å²) in [6.45, 7) is 6.94. The summed E-state index contributed by atoms with van der Waals surface area (Å²) in [5.74, 6) is 1.36. The van der Waals surface area contributed by atoms with E-state index in [4.69, 9.17) is 0 Å². The average molecular weight is 230 g/mol. The van der Waals surface area contributed by atoms with E-state index in [-0.39, 0.29) is 13.0 Å². The van der Waals surface area contributed by atoms with Gasteiger partial charge in [0.1, 0.15) is 0 Å². The van der Waals surface area contributed by atoms with Gasteiger partial charge in [-0.2, -0.15) is 0 Å².